The van der Waals surface area contributed by atoms with Crippen molar-refractivity contribution >= 4 is 22.4 Å². The van der Waals surface area contributed by atoms with E-state index in [0.717, 1.165) is 29.7 Å². The summed E-state index contributed by atoms with van der Waals surface area (Å²) >= 11 is 1.39. The number of rotatable bonds is 8. The van der Waals surface area contributed by atoms with Crippen LogP contribution in [0.25, 0.3) is 22.7 Å². The molecule has 4 rings (SSSR count). The molecule has 1 amide bonds. The third-order valence-electron chi connectivity index (χ3n) is 4.37. The number of anilines is 1. The molecule has 0 fully saturated rings. The molecular formula is C22H20N4O3S. The number of nitrogens with one attached hydrogen (secondary N) is 1. The van der Waals surface area contributed by atoms with Gasteiger partial charge in [-0.15, -0.1) is 21.5 Å². The number of ether oxygens (including phenoxy) is 1. The van der Waals surface area contributed by atoms with Crippen molar-refractivity contribution in [2.75, 3.05) is 11.9 Å². The van der Waals surface area contributed by atoms with Gasteiger partial charge in [0.25, 0.3) is 5.91 Å². The van der Waals surface area contributed by atoms with Crippen LogP contribution in [-0.4, -0.2) is 27.7 Å². The highest BCUT2D eigenvalue weighted by Crippen LogP contribution is 2.25. The van der Waals surface area contributed by atoms with Crippen LogP contribution < -0.4 is 10.1 Å². The Bertz CT molecular complexity index is 1090. The van der Waals surface area contributed by atoms with Gasteiger partial charge in [-0.1, -0.05) is 37.6 Å². The maximum absolute atomic E-state index is 12.2. The molecule has 2 heterocycles. The molecule has 152 valence electrons. The van der Waals surface area contributed by atoms with Crippen molar-refractivity contribution in [2.45, 2.75) is 19.8 Å². The van der Waals surface area contributed by atoms with Crippen LogP contribution in [-0.2, 0) is 11.2 Å². The van der Waals surface area contributed by atoms with Crippen molar-refractivity contribution in [3.05, 3.63) is 65.9 Å². The summed E-state index contributed by atoms with van der Waals surface area (Å²) in [5, 5.41) is 12.7. The molecule has 0 unspecified atom stereocenters. The summed E-state index contributed by atoms with van der Waals surface area (Å²) in [4.78, 5) is 16.7. The second kappa shape index (κ2) is 9.32. The number of hydrogen-bond acceptors (Lipinski definition) is 7. The first-order valence-electron chi connectivity index (χ1n) is 9.55. The van der Waals surface area contributed by atoms with Gasteiger partial charge in [0.15, 0.2) is 11.7 Å². The molecule has 1 N–H and O–H groups in total. The van der Waals surface area contributed by atoms with Crippen LogP contribution in [0.15, 0.2) is 64.7 Å². The average molecular weight is 420 g/mol. The summed E-state index contributed by atoms with van der Waals surface area (Å²) in [6, 6.07) is 15.4. The predicted octanol–water partition coefficient (Wildman–Crippen LogP) is 4.83. The van der Waals surface area contributed by atoms with Gasteiger partial charge < -0.3 is 9.15 Å². The topological polar surface area (TPSA) is 90.1 Å². The molecule has 8 heteroatoms. The molecule has 2 aromatic heterocycles. The van der Waals surface area contributed by atoms with Crippen LogP contribution in [0, 0.1) is 0 Å². The number of carbonyl (C=O) groups excluding carboxylic acids is 1. The zero-order valence-electron chi connectivity index (χ0n) is 16.4. The number of nitrogens with zero attached hydrogens (tertiary/aromatic N) is 3. The molecule has 7 nitrogen and oxygen atoms in total. The summed E-state index contributed by atoms with van der Waals surface area (Å²) in [6.07, 6.45) is 3.46. The Labute approximate surface area is 177 Å². The van der Waals surface area contributed by atoms with Crippen molar-refractivity contribution in [1.82, 2.24) is 15.2 Å². The lowest BCUT2D eigenvalue weighted by atomic mass is 10.1. The summed E-state index contributed by atoms with van der Waals surface area (Å²) in [5.41, 5.74) is 3.97. The summed E-state index contributed by atoms with van der Waals surface area (Å²) in [5.74, 6) is 0.731. The highest BCUT2D eigenvalue weighted by atomic mass is 32.1. The molecule has 30 heavy (non-hydrogen) atoms. The third-order valence-corrected chi connectivity index (χ3v) is 5.13. The van der Waals surface area contributed by atoms with Crippen LogP contribution in [0.4, 0.5) is 5.13 Å². The fourth-order valence-corrected chi connectivity index (χ4v) is 3.63. The molecule has 0 bridgehead atoms. The highest BCUT2D eigenvalue weighted by molar-refractivity contribution is 7.14. The fraction of sp³-hybridized carbons (Fsp3) is 0.182. The Hall–Kier alpha value is -3.52. The van der Waals surface area contributed by atoms with Gasteiger partial charge in [-0.05, 0) is 36.2 Å². The van der Waals surface area contributed by atoms with Crippen molar-refractivity contribution in [3.8, 4) is 28.5 Å². The number of thiazole rings is 1. The molecule has 0 atom stereocenters. The van der Waals surface area contributed by atoms with Crippen molar-refractivity contribution in [3.63, 3.8) is 0 Å². The first kappa shape index (κ1) is 19.8. The van der Waals surface area contributed by atoms with Gasteiger partial charge >= 0.3 is 0 Å². The first-order chi connectivity index (χ1) is 14.7. The van der Waals surface area contributed by atoms with Crippen LogP contribution in [0.1, 0.15) is 18.9 Å². The molecule has 0 radical (unpaired) electrons. The van der Waals surface area contributed by atoms with E-state index in [4.69, 9.17) is 9.15 Å². The van der Waals surface area contributed by atoms with Gasteiger partial charge in [-0.25, -0.2) is 4.98 Å². The second-order valence-electron chi connectivity index (χ2n) is 6.59. The van der Waals surface area contributed by atoms with Crippen LogP contribution in [0.2, 0.25) is 0 Å². The fourth-order valence-electron chi connectivity index (χ4n) is 2.89. The Balaban J connectivity index is 1.30. The van der Waals surface area contributed by atoms with E-state index in [-0.39, 0.29) is 12.5 Å². The lowest BCUT2D eigenvalue weighted by Crippen LogP contribution is -2.20. The zero-order valence-corrected chi connectivity index (χ0v) is 17.2. The van der Waals surface area contributed by atoms with Gasteiger partial charge in [0, 0.05) is 16.5 Å². The minimum atomic E-state index is -0.268. The van der Waals surface area contributed by atoms with Crippen LogP contribution in [0.3, 0.4) is 0 Å². The number of carbonyl (C=O) groups is 1. The molecule has 4 aromatic rings. The third kappa shape index (κ3) is 4.90. The van der Waals surface area contributed by atoms with E-state index in [1.165, 1.54) is 23.3 Å². The predicted molar refractivity (Wildman–Crippen MR) is 115 cm³/mol. The van der Waals surface area contributed by atoms with Crippen molar-refractivity contribution in [2.24, 2.45) is 0 Å². The van der Waals surface area contributed by atoms with E-state index >= 15 is 0 Å². The summed E-state index contributed by atoms with van der Waals surface area (Å²) in [6.45, 7) is 2.05. The van der Waals surface area contributed by atoms with Gasteiger partial charge in [0.05, 0.1) is 5.69 Å². The lowest BCUT2D eigenvalue weighted by Gasteiger charge is -2.06. The Kier molecular flexibility index (Phi) is 6.14. The van der Waals surface area contributed by atoms with E-state index in [1.54, 1.807) is 24.3 Å². The van der Waals surface area contributed by atoms with Gasteiger partial charge in [-0.2, -0.15) is 0 Å². The Morgan fingerprint density at radius 2 is 1.87 bits per heavy atom. The molecule has 2 aromatic carbocycles. The average Bonchev–Trinajstić information content (AvgIpc) is 3.46. The minimum Gasteiger partial charge on any atom is -0.484 e. The van der Waals surface area contributed by atoms with Crippen LogP contribution in [0.5, 0.6) is 5.75 Å². The molecule has 0 spiro atoms. The second-order valence-corrected chi connectivity index (χ2v) is 7.45. The maximum Gasteiger partial charge on any atom is 0.264 e. The van der Waals surface area contributed by atoms with Gasteiger partial charge in [-0.3, -0.25) is 10.1 Å². The Morgan fingerprint density at radius 1 is 1.10 bits per heavy atom. The van der Waals surface area contributed by atoms with E-state index in [1.807, 2.05) is 5.38 Å². The molecular weight excluding hydrogens is 400 g/mol. The standard InChI is InChI=1S/C22H20N4O3S/c1-2-3-15-4-6-16(7-5-15)19-13-30-22(24-19)25-20(27)12-28-18-10-8-17(9-11-18)21-26-23-14-29-21/h4-11,13-14H,2-3,12H2,1H3,(H,24,25,27). The van der Waals surface area contributed by atoms with E-state index < -0.39 is 0 Å². The lowest BCUT2D eigenvalue weighted by molar-refractivity contribution is -0.118. The van der Waals surface area contributed by atoms with Crippen molar-refractivity contribution < 1.29 is 13.9 Å². The molecule has 0 saturated heterocycles. The first-order valence-corrected chi connectivity index (χ1v) is 10.4. The summed E-state index contributed by atoms with van der Waals surface area (Å²) in [7, 11) is 0. The minimum absolute atomic E-state index is 0.111. The van der Waals surface area contributed by atoms with E-state index in [9.17, 15) is 4.79 Å². The SMILES string of the molecule is CCCc1ccc(-c2csc(NC(=O)COc3ccc(-c4nnco4)cc3)n2)cc1. The van der Waals surface area contributed by atoms with Crippen molar-refractivity contribution in [1.29, 1.82) is 0 Å². The summed E-state index contributed by atoms with van der Waals surface area (Å²) < 4.78 is 10.7. The number of benzene rings is 2. The molecule has 0 aliphatic heterocycles. The van der Waals surface area contributed by atoms with E-state index in [2.05, 4.69) is 51.7 Å². The number of aromatic nitrogens is 3. The van der Waals surface area contributed by atoms with Crippen LogP contribution >= 0.6 is 11.3 Å². The van der Waals surface area contributed by atoms with Gasteiger partial charge in [0.2, 0.25) is 12.3 Å². The molecule has 0 saturated carbocycles. The highest BCUT2D eigenvalue weighted by Gasteiger charge is 2.10. The number of aryl methyl sites for hydroxylation is 1. The van der Waals surface area contributed by atoms with Gasteiger partial charge in [0.1, 0.15) is 5.75 Å². The quantitative estimate of drug-likeness (QED) is 0.439. The molecule has 0 aliphatic rings. The van der Waals surface area contributed by atoms with E-state index in [0.29, 0.717) is 16.8 Å². The largest absolute Gasteiger partial charge is 0.484 e. The maximum atomic E-state index is 12.2. The normalized spacial score (nSPS) is 10.7. The monoisotopic (exact) mass is 420 g/mol. The molecule has 0 aliphatic carbocycles. The number of amides is 1. The number of hydrogen-bond donors (Lipinski definition) is 1. The zero-order chi connectivity index (χ0) is 20.8. The smallest absolute Gasteiger partial charge is 0.264 e. The Morgan fingerprint density at radius 3 is 2.57 bits per heavy atom.